The molecule has 0 spiro atoms. The summed E-state index contributed by atoms with van der Waals surface area (Å²) in [6, 6.07) is 11.7. The summed E-state index contributed by atoms with van der Waals surface area (Å²) in [7, 11) is 0. The summed E-state index contributed by atoms with van der Waals surface area (Å²) in [6.07, 6.45) is 0. The molecule has 0 bridgehead atoms. The maximum atomic E-state index is 12.2. The van der Waals surface area contributed by atoms with E-state index in [1.807, 2.05) is 6.07 Å². The molecule has 0 aliphatic carbocycles. The Morgan fingerprint density at radius 2 is 1.80 bits per heavy atom. The number of hydrogen-bond acceptors (Lipinski definition) is 5. The molecule has 4 nitrogen and oxygen atoms in total. The minimum Gasteiger partial charge on any atom is -0.506 e. The van der Waals surface area contributed by atoms with Gasteiger partial charge in [-0.2, -0.15) is 10.2 Å². The molecule has 0 amide bonds. The number of rotatable bonds is 2. The van der Waals surface area contributed by atoms with Gasteiger partial charge >= 0.3 is 0 Å². The van der Waals surface area contributed by atoms with Crippen LogP contribution in [0.15, 0.2) is 41.2 Å². The Hall–Kier alpha value is -2.10. The summed E-state index contributed by atoms with van der Waals surface area (Å²) in [4.78, 5) is 16.1. The van der Waals surface area contributed by atoms with Crippen molar-refractivity contribution in [3.63, 3.8) is 0 Å². The fraction of sp³-hybridized carbons (Fsp3) is 0. The van der Waals surface area contributed by atoms with E-state index in [0.717, 1.165) is 11.3 Å². The van der Waals surface area contributed by atoms with Crippen molar-refractivity contribution in [3.05, 3.63) is 72.4 Å². The number of aliphatic hydroxyl groups excluding tert-OH is 1. The largest absolute Gasteiger partial charge is 0.506 e. The smallest absolute Gasteiger partial charge is 0.279 e. The van der Waals surface area contributed by atoms with Gasteiger partial charge in [0.05, 0.1) is 26.0 Å². The van der Waals surface area contributed by atoms with Gasteiger partial charge in [0.25, 0.3) is 5.56 Å². The molecule has 0 unspecified atom stereocenters. The molecule has 25 heavy (non-hydrogen) atoms. The molecule has 0 aliphatic heterocycles. The van der Waals surface area contributed by atoms with Crippen LogP contribution in [0.2, 0.25) is 15.1 Å². The van der Waals surface area contributed by atoms with Gasteiger partial charge in [-0.15, -0.1) is 11.3 Å². The van der Waals surface area contributed by atoms with E-state index < -0.39 is 11.3 Å². The van der Waals surface area contributed by atoms with Crippen LogP contribution in [0.1, 0.15) is 10.6 Å². The number of nitrogens with zero attached hydrogens (tertiary/aromatic N) is 2. The highest BCUT2D eigenvalue weighted by Crippen LogP contribution is 2.38. The molecular weight excluding hydrogens is 403 g/mol. The van der Waals surface area contributed by atoms with E-state index in [0.29, 0.717) is 10.1 Å². The number of fused-ring (bicyclic) bond motifs is 1. The Balaban J connectivity index is 2.31. The van der Waals surface area contributed by atoms with Crippen molar-refractivity contribution in [3.8, 4) is 6.07 Å². The van der Waals surface area contributed by atoms with Crippen molar-refractivity contribution in [1.82, 2.24) is 4.98 Å². The monoisotopic (exact) mass is 408 g/mol. The summed E-state index contributed by atoms with van der Waals surface area (Å²) in [6.45, 7) is 0. The standard InChI is InChI=1S/C17H7Cl3N2O2S/c18-10-5-6-11(19)14(20)13(10)15(23)9(7-21)17-22-16(24)8-3-1-2-4-12(8)25-17/h1-6,23H. The molecule has 1 N–H and O–H groups in total. The maximum Gasteiger partial charge on any atom is 0.279 e. The molecule has 3 aromatic rings. The van der Waals surface area contributed by atoms with Crippen LogP contribution in [0.25, 0.3) is 21.4 Å². The Kier molecular flexibility index (Phi) is 4.98. The van der Waals surface area contributed by atoms with Gasteiger partial charge in [0.15, 0.2) is 0 Å². The van der Waals surface area contributed by atoms with Crippen molar-refractivity contribution in [2.45, 2.75) is 0 Å². The highest BCUT2D eigenvalue weighted by atomic mass is 35.5. The lowest BCUT2D eigenvalue weighted by Gasteiger charge is -2.09. The summed E-state index contributed by atoms with van der Waals surface area (Å²) in [5, 5.41) is 20.9. The van der Waals surface area contributed by atoms with Crippen molar-refractivity contribution < 1.29 is 5.11 Å². The first-order valence-electron chi connectivity index (χ1n) is 6.81. The van der Waals surface area contributed by atoms with Gasteiger partial charge < -0.3 is 5.11 Å². The molecule has 0 aliphatic rings. The summed E-state index contributed by atoms with van der Waals surface area (Å²) in [5.41, 5.74) is -0.686. The third-order valence-electron chi connectivity index (χ3n) is 3.37. The minimum atomic E-state index is -0.492. The zero-order valence-electron chi connectivity index (χ0n) is 12.3. The second kappa shape index (κ2) is 7.03. The molecule has 0 saturated carbocycles. The highest BCUT2D eigenvalue weighted by Gasteiger charge is 2.20. The molecule has 8 heteroatoms. The lowest BCUT2D eigenvalue weighted by Crippen LogP contribution is -2.08. The second-order valence-electron chi connectivity index (χ2n) is 4.87. The van der Waals surface area contributed by atoms with Crippen LogP contribution in [0.5, 0.6) is 0 Å². The molecule has 3 rings (SSSR count). The van der Waals surface area contributed by atoms with Gasteiger partial charge in [0.2, 0.25) is 0 Å². The highest BCUT2D eigenvalue weighted by molar-refractivity contribution is 7.19. The summed E-state index contributed by atoms with van der Waals surface area (Å²) in [5.74, 6) is -0.488. The number of allylic oxidation sites excluding steroid dienone is 1. The first-order chi connectivity index (χ1) is 11.9. The first kappa shape index (κ1) is 17.7. The van der Waals surface area contributed by atoms with Crippen molar-refractivity contribution in [2.75, 3.05) is 0 Å². The zero-order valence-corrected chi connectivity index (χ0v) is 15.3. The van der Waals surface area contributed by atoms with Crippen LogP contribution in [0, 0.1) is 11.3 Å². The Morgan fingerprint density at radius 1 is 1.12 bits per heavy atom. The summed E-state index contributed by atoms with van der Waals surface area (Å²) < 4.78 is 0.640. The molecule has 0 radical (unpaired) electrons. The SMILES string of the molecule is N#CC(=C(O)c1c(Cl)ccc(Cl)c1Cl)c1nc(=O)c2ccccc2s1. The Bertz CT molecular complexity index is 1130. The Morgan fingerprint density at radius 3 is 2.52 bits per heavy atom. The fourth-order valence-corrected chi connectivity index (χ4v) is 3.89. The molecular formula is C17H7Cl3N2O2S. The van der Waals surface area contributed by atoms with E-state index >= 15 is 0 Å². The third-order valence-corrected chi connectivity index (χ3v) is 5.55. The van der Waals surface area contributed by atoms with E-state index in [9.17, 15) is 15.2 Å². The molecule has 0 fully saturated rings. The summed E-state index contributed by atoms with van der Waals surface area (Å²) >= 11 is 19.3. The molecule has 2 aromatic carbocycles. The number of aliphatic hydroxyl groups is 1. The Labute approximate surface area is 161 Å². The van der Waals surface area contributed by atoms with Crippen molar-refractivity contribution in [2.24, 2.45) is 0 Å². The number of nitriles is 1. The van der Waals surface area contributed by atoms with E-state index in [1.165, 1.54) is 12.1 Å². The predicted molar refractivity (Wildman–Crippen MR) is 102 cm³/mol. The average Bonchev–Trinajstić information content (AvgIpc) is 2.59. The van der Waals surface area contributed by atoms with Crippen molar-refractivity contribution in [1.29, 1.82) is 5.26 Å². The van der Waals surface area contributed by atoms with E-state index in [2.05, 4.69) is 4.98 Å². The van der Waals surface area contributed by atoms with Crippen LogP contribution in [0.3, 0.4) is 0 Å². The molecule has 0 saturated heterocycles. The third kappa shape index (κ3) is 3.22. The van der Waals surface area contributed by atoms with Gasteiger partial charge in [0, 0.05) is 4.70 Å². The van der Waals surface area contributed by atoms with Gasteiger partial charge in [-0.3, -0.25) is 4.79 Å². The lowest BCUT2D eigenvalue weighted by atomic mass is 10.1. The second-order valence-corrected chi connectivity index (χ2v) is 7.10. The number of aromatic nitrogens is 1. The molecule has 124 valence electrons. The minimum absolute atomic E-state index is 0.00699. The quantitative estimate of drug-likeness (QED) is 0.341. The molecule has 1 heterocycles. The van der Waals surface area contributed by atoms with Crippen LogP contribution in [-0.4, -0.2) is 10.1 Å². The van der Waals surface area contributed by atoms with Crippen molar-refractivity contribution >= 4 is 67.6 Å². The normalized spacial score (nSPS) is 11.9. The number of hydrogen-bond donors (Lipinski definition) is 1. The fourth-order valence-electron chi connectivity index (χ4n) is 2.19. The van der Waals surface area contributed by atoms with Gasteiger partial charge in [-0.05, 0) is 24.3 Å². The maximum absolute atomic E-state index is 12.2. The van der Waals surface area contributed by atoms with Crippen LogP contribution in [-0.2, 0) is 0 Å². The number of benzene rings is 2. The van der Waals surface area contributed by atoms with Crippen LogP contribution >= 0.6 is 46.1 Å². The van der Waals surface area contributed by atoms with Crippen LogP contribution < -0.4 is 5.56 Å². The average molecular weight is 410 g/mol. The first-order valence-corrected chi connectivity index (χ1v) is 8.76. The zero-order chi connectivity index (χ0) is 18.1. The predicted octanol–water partition coefficient (Wildman–Crippen LogP) is 5.57. The topological polar surface area (TPSA) is 74.0 Å². The van der Waals surface area contributed by atoms with E-state index in [-0.39, 0.29) is 31.2 Å². The van der Waals surface area contributed by atoms with E-state index in [4.69, 9.17) is 34.8 Å². The number of halogens is 3. The van der Waals surface area contributed by atoms with Gasteiger partial charge in [-0.25, -0.2) is 0 Å². The molecule has 0 atom stereocenters. The molecule has 1 aromatic heterocycles. The van der Waals surface area contributed by atoms with Gasteiger partial charge in [-0.1, -0.05) is 46.9 Å². The van der Waals surface area contributed by atoms with E-state index in [1.54, 1.807) is 24.3 Å². The lowest BCUT2D eigenvalue weighted by molar-refractivity contribution is 0.514. The van der Waals surface area contributed by atoms with Crippen LogP contribution in [0.4, 0.5) is 0 Å². The van der Waals surface area contributed by atoms with Gasteiger partial charge in [0.1, 0.15) is 22.4 Å².